The number of alkyl halides is 1. The number of allylic oxidation sites excluding steroid dienone is 3. The first-order chi connectivity index (χ1) is 8.58. The molecule has 4 heteroatoms. The van der Waals surface area contributed by atoms with E-state index in [9.17, 15) is 9.90 Å². The fraction of sp³-hybridized carbons (Fsp3) is 0.214. The van der Waals surface area contributed by atoms with Gasteiger partial charge in [0, 0.05) is 6.42 Å². The molecule has 1 aliphatic rings. The highest BCUT2D eigenvalue weighted by Gasteiger charge is 2.44. The standard InChI is InChI=1S/C14H13ClO3/c1-18-12-8-7-11(9-14(12,15)13(16)17)10-5-3-2-4-6-10/h2-8H,9H2,1H3,(H,16,17). The van der Waals surface area contributed by atoms with Gasteiger partial charge in [0.25, 0.3) is 0 Å². The lowest BCUT2D eigenvalue weighted by molar-refractivity contribution is -0.139. The molecule has 0 aliphatic heterocycles. The van der Waals surface area contributed by atoms with Gasteiger partial charge in [0.15, 0.2) is 0 Å². The summed E-state index contributed by atoms with van der Waals surface area (Å²) in [6.07, 6.45) is 3.66. The maximum Gasteiger partial charge on any atom is 0.332 e. The number of hydrogen-bond acceptors (Lipinski definition) is 2. The molecule has 1 N–H and O–H groups in total. The molecule has 1 atom stereocenters. The number of carbonyl (C=O) groups is 1. The lowest BCUT2D eigenvalue weighted by atomic mass is 9.88. The average molecular weight is 265 g/mol. The first-order valence-corrected chi connectivity index (χ1v) is 5.89. The largest absolute Gasteiger partial charge is 0.499 e. The Kier molecular flexibility index (Phi) is 3.43. The molecule has 0 saturated heterocycles. The molecule has 0 saturated carbocycles. The first-order valence-electron chi connectivity index (χ1n) is 5.51. The molecule has 0 fully saturated rings. The van der Waals surface area contributed by atoms with Gasteiger partial charge in [0.2, 0.25) is 4.87 Å². The van der Waals surface area contributed by atoms with Crippen molar-refractivity contribution in [2.24, 2.45) is 0 Å². The Balaban J connectivity index is 2.41. The molecule has 0 heterocycles. The molecule has 2 rings (SSSR count). The van der Waals surface area contributed by atoms with Crippen LogP contribution in [0, 0.1) is 0 Å². The van der Waals surface area contributed by atoms with Crippen LogP contribution < -0.4 is 0 Å². The van der Waals surface area contributed by atoms with E-state index in [0.717, 1.165) is 11.1 Å². The van der Waals surface area contributed by atoms with Gasteiger partial charge in [0.05, 0.1) is 7.11 Å². The van der Waals surface area contributed by atoms with Gasteiger partial charge >= 0.3 is 5.97 Å². The number of halogens is 1. The highest BCUT2D eigenvalue weighted by Crippen LogP contribution is 2.39. The van der Waals surface area contributed by atoms with Crippen molar-refractivity contribution in [2.45, 2.75) is 11.3 Å². The smallest absolute Gasteiger partial charge is 0.332 e. The van der Waals surface area contributed by atoms with Gasteiger partial charge in [-0.25, -0.2) is 4.79 Å². The van der Waals surface area contributed by atoms with Crippen LogP contribution >= 0.6 is 11.6 Å². The van der Waals surface area contributed by atoms with Crippen molar-refractivity contribution in [3.63, 3.8) is 0 Å². The van der Waals surface area contributed by atoms with Crippen LogP contribution in [0.2, 0.25) is 0 Å². The number of ether oxygens (including phenoxy) is 1. The topological polar surface area (TPSA) is 46.5 Å². The highest BCUT2D eigenvalue weighted by atomic mass is 35.5. The number of methoxy groups -OCH3 is 1. The van der Waals surface area contributed by atoms with E-state index < -0.39 is 10.8 Å². The molecule has 1 aromatic rings. The van der Waals surface area contributed by atoms with E-state index >= 15 is 0 Å². The van der Waals surface area contributed by atoms with Crippen molar-refractivity contribution in [1.29, 1.82) is 0 Å². The maximum absolute atomic E-state index is 11.3. The Labute approximate surface area is 110 Å². The summed E-state index contributed by atoms with van der Waals surface area (Å²) < 4.78 is 5.06. The summed E-state index contributed by atoms with van der Waals surface area (Å²) in [4.78, 5) is 9.82. The summed E-state index contributed by atoms with van der Waals surface area (Å²) >= 11 is 6.19. The molecule has 1 aromatic carbocycles. The molecule has 1 unspecified atom stereocenters. The third kappa shape index (κ3) is 2.14. The Morgan fingerprint density at radius 2 is 2.00 bits per heavy atom. The normalized spacial score (nSPS) is 23.0. The van der Waals surface area contributed by atoms with Crippen LogP contribution in [0.4, 0.5) is 0 Å². The molecule has 0 radical (unpaired) electrons. The van der Waals surface area contributed by atoms with Gasteiger partial charge < -0.3 is 9.84 Å². The van der Waals surface area contributed by atoms with Gasteiger partial charge in [-0.05, 0) is 17.2 Å². The lowest BCUT2D eigenvalue weighted by Gasteiger charge is -2.28. The number of rotatable bonds is 3. The second-order valence-corrected chi connectivity index (χ2v) is 4.72. The minimum Gasteiger partial charge on any atom is -0.499 e. The van der Waals surface area contributed by atoms with Crippen LogP contribution in [0.3, 0.4) is 0 Å². The van der Waals surface area contributed by atoms with E-state index in [2.05, 4.69) is 0 Å². The van der Waals surface area contributed by atoms with E-state index in [1.165, 1.54) is 7.11 Å². The summed E-state index contributed by atoms with van der Waals surface area (Å²) in [5.41, 5.74) is 1.85. The molecule has 94 valence electrons. The van der Waals surface area contributed by atoms with Gasteiger partial charge in [0.1, 0.15) is 5.76 Å². The lowest BCUT2D eigenvalue weighted by Crippen LogP contribution is -2.37. The van der Waals surface area contributed by atoms with Crippen molar-refractivity contribution in [2.75, 3.05) is 7.11 Å². The molecule has 0 spiro atoms. The Bertz CT molecular complexity index is 519. The Hall–Kier alpha value is -1.74. The second kappa shape index (κ2) is 4.86. The Morgan fingerprint density at radius 3 is 2.56 bits per heavy atom. The van der Waals surface area contributed by atoms with E-state index in [-0.39, 0.29) is 12.2 Å². The number of aliphatic carboxylic acids is 1. The highest BCUT2D eigenvalue weighted by molar-refractivity contribution is 6.36. The van der Waals surface area contributed by atoms with Gasteiger partial charge in [-0.15, -0.1) is 0 Å². The van der Waals surface area contributed by atoms with Crippen LogP contribution in [0.5, 0.6) is 0 Å². The summed E-state index contributed by atoms with van der Waals surface area (Å²) in [5.74, 6) is -0.838. The maximum atomic E-state index is 11.3. The van der Waals surface area contributed by atoms with Crippen LogP contribution in [0.25, 0.3) is 5.57 Å². The molecule has 0 amide bonds. The number of hydrogen-bond donors (Lipinski definition) is 1. The van der Waals surface area contributed by atoms with E-state index in [0.29, 0.717) is 0 Å². The third-order valence-electron chi connectivity index (χ3n) is 2.96. The van der Waals surface area contributed by atoms with Gasteiger partial charge in [-0.1, -0.05) is 48.0 Å². The van der Waals surface area contributed by atoms with Gasteiger partial charge in [-0.2, -0.15) is 0 Å². The number of carboxylic acid groups (broad SMARTS) is 1. The second-order valence-electron chi connectivity index (χ2n) is 4.08. The van der Waals surface area contributed by atoms with Crippen LogP contribution in [-0.4, -0.2) is 23.1 Å². The Morgan fingerprint density at radius 1 is 1.33 bits per heavy atom. The zero-order valence-electron chi connectivity index (χ0n) is 9.89. The predicted molar refractivity (Wildman–Crippen MR) is 70.3 cm³/mol. The van der Waals surface area contributed by atoms with E-state index in [1.807, 2.05) is 36.4 Å². The van der Waals surface area contributed by atoms with Crippen molar-refractivity contribution in [3.05, 3.63) is 53.8 Å². The van der Waals surface area contributed by atoms with Crippen molar-refractivity contribution in [3.8, 4) is 0 Å². The number of carboxylic acids is 1. The average Bonchev–Trinajstić information content (AvgIpc) is 2.39. The SMILES string of the molecule is COC1=CC=C(c2ccccc2)CC1(Cl)C(=O)O. The van der Waals surface area contributed by atoms with Crippen LogP contribution in [0.15, 0.2) is 48.2 Å². The van der Waals surface area contributed by atoms with E-state index in [4.69, 9.17) is 16.3 Å². The summed E-state index contributed by atoms with van der Waals surface area (Å²) in [6, 6.07) is 9.58. The summed E-state index contributed by atoms with van der Waals surface area (Å²) in [6.45, 7) is 0. The minimum absolute atomic E-state index is 0.202. The molecule has 1 aliphatic carbocycles. The fourth-order valence-corrected chi connectivity index (χ4v) is 2.26. The fourth-order valence-electron chi connectivity index (χ4n) is 1.98. The molecule has 0 bridgehead atoms. The zero-order chi connectivity index (χ0) is 13.2. The summed E-state index contributed by atoms with van der Waals surface area (Å²) in [5, 5.41) is 9.28. The van der Waals surface area contributed by atoms with Crippen molar-refractivity contribution in [1.82, 2.24) is 0 Å². The zero-order valence-corrected chi connectivity index (χ0v) is 10.6. The van der Waals surface area contributed by atoms with Crippen molar-refractivity contribution < 1.29 is 14.6 Å². The first kappa shape index (κ1) is 12.7. The van der Waals surface area contributed by atoms with Crippen LogP contribution in [0.1, 0.15) is 12.0 Å². The van der Waals surface area contributed by atoms with Gasteiger partial charge in [-0.3, -0.25) is 0 Å². The van der Waals surface area contributed by atoms with Crippen LogP contribution in [-0.2, 0) is 9.53 Å². The van der Waals surface area contributed by atoms with Crippen molar-refractivity contribution >= 4 is 23.1 Å². The minimum atomic E-state index is -1.52. The summed E-state index contributed by atoms with van der Waals surface area (Å²) in [7, 11) is 1.42. The molecular formula is C14H13ClO3. The molecule has 3 nitrogen and oxygen atoms in total. The number of benzene rings is 1. The molecular weight excluding hydrogens is 252 g/mol. The predicted octanol–water partition coefficient (Wildman–Crippen LogP) is 3.07. The molecule has 0 aromatic heterocycles. The monoisotopic (exact) mass is 264 g/mol. The molecule has 18 heavy (non-hydrogen) atoms. The quantitative estimate of drug-likeness (QED) is 0.854. The van der Waals surface area contributed by atoms with E-state index in [1.54, 1.807) is 6.08 Å². The third-order valence-corrected chi connectivity index (χ3v) is 3.45.